The van der Waals surface area contributed by atoms with Crippen molar-refractivity contribution in [1.29, 1.82) is 0 Å². The molecular weight excluding hydrogens is 292 g/mol. The highest BCUT2D eigenvalue weighted by molar-refractivity contribution is 5.41. The number of piperidine rings is 1. The summed E-state index contributed by atoms with van der Waals surface area (Å²) in [5.74, 6) is 0.797. The Balaban J connectivity index is 1.52. The van der Waals surface area contributed by atoms with Crippen LogP contribution in [0.4, 0.5) is 5.95 Å². The molecule has 8 heteroatoms. The first-order valence-corrected chi connectivity index (χ1v) is 7.76. The Hall–Kier alpha value is -2.77. The molecule has 2 aromatic heterocycles. The van der Waals surface area contributed by atoms with Gasteiger partial charge in [-0.1, -0.05) is 22.8 Å². The van der Waals surface area contributed by atoms with Gasteiger partial charge in [0.2, 0.25) is 5.95 Å². The summed E-state index contributed by atoms with van der Waals surface area (Å²) in [5, 5.41) is 16.5. The standard InChI is InChI=1S/C15H18N8/c1-12-2-4-14(5-3-12)23-15(18-19-20-23)21-8-6-13(7-9-21)22-11-16-10-17-22/h2-5,10-11,13H,6-9H2,1H3. The fraction of sp³-hybridized carbons (Fsp3) is 0.400. The minimum absolute atomic E-state index is 0.400. The van der Waals surface area contributed by atoms with E-state index in [4.69, 9.17) is 0 Å². The zero-order chi connectivity index (χ0) is 15.6. The summed E-state index contributed by atoms with van der Waals surface area (Å²) in [6, 6.07) is 8.61. The van der Waals surface area contributed by atoms with Crippen molar-refractivity contribution in [2.75, 3.05) is 18.0 Å². The van der Waals surface area contributed by atoms with Gasteiger partial charge in [0.25, 0.3) is 0 Å². The van der Waals surface area contributed by atoms with Crippen LogP contribution in [-0.2, 0) is 0 Å². The van der Waals surface area contributed by atoms with Gasteiger partial charge >= 0.3 is 0 Å². The fourth-order valence-electron chi connectivity index (χ4n) is 2.97. The van der Waals surface area contributed by atoms with Gasteiger partial charge in [-0.05, 0) is 42.3 Å². The van der Waals surface area contributed by atoms with Gasteiger partial charge in [-0.3, -0.25) is 0 Å². The van der Waals surface area contributed by atoms with Crippen LogP contribution in [0.25, 0.3) is 5.69 Å². The Labute approximate surface area is 133 Å². The fourth-order valence-corrected chi connectivity index (χ4v) is 2.97. The van der Waals surface area contributed by atoms with Crippen LogP contribution in [0.5, 0.6) is 0 Å². The molecule has 23 heavy (non-hydrogen) atoms. The highest BCUT2D eigenvalue weighted by Gasteiger charge is 2.24. The van der Waals surface area contributed by atoms with Crippen molar-refractivity contribution >= 4 is 5.95 Å². The number of aryl methyl sites for hydroxylation is 1. The molecule has 1 aliphatic rings. The van der Waals surface area contributed by atoms with E-state index in [-0.39, 0.29) is 0 Å². The van der Waals surface area contributed by atoms with Crippen LogP contribution in [0, 0.1) is 6.92 Å². The minimum atomic E-state index is 0.400. The summed E-state index contributed by atoms with van der Waals surface area (Å²) in [6.07, 6.45) is 5.38. The van der Waals surface area contributed by atoms with E-state index in [0.717, 1.165) is 37.6 Å². The molecule has 1 aliphatic heterocycles. The normalized spacial score (nSPS) is 16.0. The predicted molar refractivity (Wildman–Crippen MR) is 84.4 cm³/mol. The van der Waals surface area contributed by atoms with Crippen LogP contribution in [0.15, 0.2) is 36.9 Å². The first-order valence-electron chi connectivity index (χ1n) is 7.76. The van der Waals surface area contributed by atoms with E-state index in [1.165, 1.54) is 5.56 Å². The van der Waals surface area contributed by atoms with Gasteiger partial charge in [0.05, 0.1) is 11.7 Å². The number of rotatable bonds is 3. The molecule has 0 saturated carbocycles. The van der Waals surface area contributed by atoms with E-state index >= 15 is 0 Å². The molecule has 118 valence electrons. The van der Waals surface area contributed by atoms with Gasteiger partial charge in [-0.25, -0.2) is 9.67 Å². The zero-order valence-electron chi connectivity index (χ0n) is 12.9. The smallest absolute Gasteiger partial charge is 0.250 e. The summed E-state index contributed by atoms with van der Waals surface area (Å²) in [6.45, 7) is 3.87. The first-order chi connectivity index (χ1) is 11.3. The summed E-state index contributed by atoms with van der Waals surface area (Å²) in [7, 11) is 0. The molecule has 8 nitrogen and oxygen atoms in total. The number of tetrazole rings is 1. The van der Waals surface area contributed by atoms with E-state index in [1.54, 1.807) is 17.3 Å². The highest BCUT2D eigenvalue weighted by Crippen LogP contribution is 2.25. The molecule has 3 heterocycles. The molecule has 3 aromatic rings. The maximum Gasteiger partial charge on any atom is 0.250 e. The zero-order valence-corrected chi connectivity index (χ0v) is 12.9. The number of hydrogen-bond acceptors (Lipinski definition) is 6. The van der Waals surface area contributed by atoms with Crippen molar-refractivity contribution in [1.82, 2.24) is 35.0 Å². The molecule has 0 aliphatic carbocycles. The lowest BCUT2D eigenvalue weighted by Crippen LogP contribution is -2.36. The van der Waals surface area contributed by atoms with Gasteiger partial charge in [0.15, 0.2) is 0 Å². The van der Waals surface area contributed by atoms with Crippen LogP contribution in [-0.4, -0.2) is 48.1 Å². The maximum atomic E-state index is 4.24. The van der Waals surface area contributed by atoms with Crippen LogP contribution in [0.3, 0.4) is 0 Å². The van der Waals surface area contributed by atoms with Crippen LogP contribution in [0.1, 0.15) is 24.4 Å². The van der Waals surface area contributed by atoms with Crippen molar-refractivity contribution in [3.05, 3.63) is 42.5 Å². The second kappa shape index (κ2) is 5.79. The number of anilines is 1. The quantitative estimate of drug-likeness (QED) is 0.728. The second-order valence-corrected chi connectivity index (χ2v) is 5.82. The number of aromatic nitrogens is 7. The largest absolute Gasteiger partial charge is 0.339 e. The Morgan fingerprint density at radius 1 is 1.09 bits per heavy atom. The highest BCUT2D eigenvalue weighted by atomic mass is 15.6. The van der Waals surface area contributed by atoms with E-state index in [2.05, 4.69) is 49.6 Å². The third-order valence-electron chi connectivity index (χ3n) is 4.29. The molecule has 0 N–H and O–H groups in total. The minimum Gasteiger partial charge on any atom is -0.339 e. The predicted octanol–water partition coefficient (Wildman–Crippen LogP) is 1.40. The number of nitrogens with zero attached hydrogens (tertiary/aromatic N) is 8. The van der Waals surface area contributed by atoms with Gasteiger partial charge in [0.1, 0.15) is 12.7 Å². The Morgan fingerprint density at radius 2 is 1.87 bits per heavy atom. The number of hydrogen-bond donors (Lipinski definition) is 0. The molecule has 4 rings (SSSR count). The summed E-state index contributed by atoms with van der Waals surface area (Å²) < 4.78 is 3.75. The number of benzene rings is 1. The van der Waals surface area contributed by atoms with E-state index in [1.807, 2.05) is 16.8 Å². The van der Waals surface area contributed by atoms with Crippen LogP contribution >= 0.6 is 0 Å². The maximum absolute atomic E-state index is 4.24. The van der Waals surface area contributed by atoms with Gasteiger partial charge in [0, 0.05) is 13.1 Å². The first kappa shape index (κ1) is 13.9. The lowest BCUT2D eigenvalue weighted by atomic mass is 10.1. The lowest BCUT2D eigenvalue weighted by Gasteiger charge is -2.31. The van der Waals surface area contributed by atoms with Crippen molar-refractivity contribution in [2.24, 2.45) is 0 Å². The molecule has 1 fully saturated rings. The molecule has 0 amide bonds. The second-order valence-electron chi connectivity index (χ2n) is 5.82. The van der Waals surface area contributed by atoms with Gasteiger partial charge in [-0.15, -0.1) is 0 Å². The molecule has 1 aromatic carbocycles. The third-order valence-corrected chi connectivity index (χ3v) is 4.29. The Morgan fingerprint density at radius 3 is 2.57 bits per heavy atom. The molecule has 0 unspecified atom stereocenters. The molecular formula is C15H18N8. The Kier molecular flexibility index (Phi) is 3.49. The van der Waals surface area contributed by atoms with Crippen molar-refractivity contribution in [3.63, 3.8) is 0 Å². The van der Waals surface area contributed by atoms with Crippen LogP contribution < -0.4 is 4.90 Å². The van der Waals surface area contributed by atoms with Crippen molar-refractivity contribution in [3.8, 4) is 5.69 Å². The molecule has 0 radical (unpaired) electrons. The van der Waals surface area contributed by atoms with Gasteiger partial charge in [-0.2, -0.15) is 9.78 Å². The summed E-state index contributed by atoms with van der Waals surface area (Å²) in [4.78, 5) is 6.26. The topological polar surface area (TPSA) is 77.5 Å². The monoisotopic (exact) mass is 310 g/mol. The molecule has 0 bridgehead atoms. The Bertz CT molecular complexity index is 753. The molecule has 0 atom stereocenters. The van der Waals surface area contributed by atoms with E-state index < -0.39 is 0 Å². The van der Waals surface area contributed by atoms with E-state index in [9.17, 15) is 0 Å². The van der Waals surface area contributed by atoms with Crippen molar-refractivity contribution in [2.45, 2.75) is 25.8 Å². The lowest BCUT2D eigenvalue weighted by molar-refractivity contribution is 0.363. The molecule has 0 spiro atoms. The average molecular weight is 310 g/mol. The van der Waals surface area contributed by atoms with Gasteiger partial charge < -0.3 is 4.90 Å². The summed E-state index contributed by atoms with van der Waals surface area (Å²) in [5.41, 5.74) is 2.20. The SMILES string of the molecule is Cc1ccc(-n2nnnc2N2CCC(n3cncn3)CC2)cc1. The van der Waals surface area contributed by atoms with Crippen LogP contribution in [0.2, 0.25) is 0 Å². The molecule has 1 saturated heterocycles. The summed E-state index contributed by atoms with van der Waals surface area (Å²) >= 11 is 0. The third kappa shape index (κ3) is 2.67. The average Bonchev–Trinajstić information content (AvgIpc) is 3.28. The van der Waals surface area contributed by atoms with E-state index in [0.29, 0.717) is 6.04 Å². The van der Waals surface area contributed by atoms with Crippen molar-refractivity contribution < 1.29 is 0 Å².